The fraction of sp³-hybridized carbons (Fsp3) is 0.150. The standard InChI is InChI=1S/C20H19N5O6S2/c1-2-10-24-19(27)16-7-6-13(11-17(16)23-20(24)32)18(26)21-8-9-22-33(30,31)15-5-3-4-14(12-15)25(28)29/h2-7,11-12,22H,1,8-10H2,(H,21,26)(H,23,32). The summed E-state index contributed by atoms with van der Waals surface area (Å²) in [6.45, 7) is 3.66. The maximum Gasteiger partial charge on any atom is 0.270 e. The van der Waals surface area contributed by atoms with E-state index in [0.29, 0.717) is 10.9 Å². The third-order valence-electron chi connectivity index (χ3n) is 4.60. The molecule has 13 heteroatoms. The molecule has 0 bridgehead atoms. The molecule has 1 aromatic heterocycles. The normalized spacial score (nSPS) is 11.3. The third kappa shape index (κ3) is 5.39. The molecule has 0 saturated carbocycles. The number of rotatable bonds is 9. The second kappa shape index (κ2) is 9.85. The summed E-state index contributed by atoms with van der Waals surface area (Å²) < 4.78 is 28.4. The number of sulfonamides is 1. The van der Waals surface area contributed by atoms with E-state index in [0.717, 1.165) is 6.07 Å². The molecule has 3 N–H and O–H groups in total. The SMILES string of the molecule is C=CCn1c(=S)[nH]c2cc(C(=O)NCCNS(=O)(=O)c3cccc([N+](=O)[O-])c3)ccc2c1=O. The smallest absolute Gasteiger partial charge is 0.270 e. The molecule has 0 aliphatic heterocycles. The highest BCUT2D eigenvalue weighted by molar-refractivity contribution is 7.89. The lowest BCUT2D eigenvalue weighted by Crippen LogP contribution is -2.34. The maximum absolute atomic E-state index is 12.5. The van der Waals surface area contributed by atoms with Crippen molar-refractivity contribution in [2.45, 2.75) is 11.4 Å². The lowest BCUT2D eigenvalue weighted by molar-refractivity contribution is -0.385. The predicted molar refractivity (Wildman–Crippen MR) is 124 cm³/mol. The molecule has 1 amide bonds. The number of non-ortho nitro benzene ring substituents is 1. The number of nitro benzene ring substituents is 1. The monoisotopic (exact) mass is 489 g/mol. The van der Waals surface area contributed by atoms with Crippen molar-refractivity contribution in [3.8, 4) is 0 Å². The maximum atomic E-state index is 12.5. The van der Waals surface area contributed by atoms with Crippen molar-refractivity contribution in [1.29, 1.82) is 0 Å². The molecule has 0 radical (unpaired) electrons. The van der Waals surface area contributed by atoms with Crippen molar-refractivity contribution in [3.05, 3.63) is 85.9 Å². The van der Waals surface area contributed by atoms with Gasteiger partial charge in [0.25, 0.3) is 17.2 Å². The number of H-pyrrole nitrogens is 1. The van der Waals surface area contributed by atoms with Gasteiger partial charge >= 0.3 is 0 Å². The fourth-order valence-corrected chi connectivity index (χ4v) is 4.34. The molecule has 33 heavy (non-hydrogen) atoms. The lowest BCUT2D eigenvalue weighted by Gasteiger charge is -2.09. The molecular formula is C20H19N5O6S2. The number of allylic oxidation sites excluding steroid dienone is 1. The summed E-state index contributed by atoms with van der Waals surface area (Å²) >= 11 is 5.18. The number of nitro groups is 1. The summed E-state index contributed by atoms with van der Waals surface area (Å²) in [7, 11) is -3.99. The number of fused-ring (bicyclic) bond motifs is 1. The van der Waals surface area contributed by atoms with Gasteiger partial charge in [-0.05, 0) is 36.5 Å². The van der Waals surface area contributed by atoms with Crippen LogP contribution in [0, 0.1) is 14.9 Å². The Morgan fingerprint density at radius 3 is 2.70 bits per heavy atom. The van der Waals surface area contributed by atoms with E-state index < -0.39 is 20.9 Å². The van der Waals surface area contributed by atoms with E-state index in [1.165, 1.54) is 41.0 Å². The number of aromatic nitrogens is 2. The number of hydrogen-bond donors (Lipinski definition) is 3. The van der Waals surface area contributed by atoms with Crippen LogP contribution in [0.1, 0.15) is 10.4 Å². The number of amides is 1. The van der Waals surface area contributed by atoms with Crippen LogP contribution in [-0.2, 0) is 16.6 Å². The highest BCUT2D eigenvalue weighted by Gasteiger charge is 2.17. The third-order valence-corrected chi connectivity index (χ3v) is 6.38. The molecule has 0 saturated heterocycles. The van der Waals surface area contributed by atoms with Gasteiger partial charge in [0.15, 0.2) is 4.77 Å². The molecule has 2 aromatic carbocycles. The van der Waals surface area contributed by atoms with Gasteiger partial charge in [-0.15, -0.1) is 6.58 Å². The highest BCUT2D eigenvalue weighted by Crippen LogP contribution is 2.17. The van der Waals surface area contributed by atoms with Gasteiger partial charge in [-0.2, -0.15) is 0 Å². The molecule has 172 valence electrons. The Hall–Kier alpha value is -3.68. The molecule has 11 nitrogen and oxygen atoms in total. The minimum absolute atomic E-state index is 0.0397. The van der Waals surface area contributed by atoms with E-state index >= 15 is 0 Å². The Kier molecular flexibility index (Phi) is 7.16. The van der Waals surface area contributed by atoms with Gasteiger partial charge in [-0.25, -0.2) is 13.1 Å². The minimum Gasteiger partial charge on any atom is -0.351 e. The first-order valence-corrected chi connectivity index (χ1v) is 11.4. The number of nitrogens with one attached hydrogen (secondary N) is 3. The van der Waals surface area contributed by atoms with Gasteiger partial charge in [0.1, 0.15) is 0 Å². The molecule has 0 spiro atoms. The Balaban J connectivity index is 1.66. The Morgan fingerprint density at radius 1 is 1.24 bits per heavy atom. The van der Waals surface area contributed by atoms with Crippen LogP contribution in [0.5, 0.6) is 0 Å². The zero-order chi connectivity index (χ0) is 24.2. The van der Waals surface area contributed by atoms with Crippen molar-refractivity contribution in [2.24, 2.45) is 0 Å². The molecule has 3 rings (SSSR count). The van der Waals surface area contributed by atoms with Crippen LogP contribution in [0.3, 0.4) is 0 Å². The van der Waals surface area contributed by atoms with Gasteiger partial charge in [0.2, 0.25) is 10.0 Å². The first kappa shape index (κ1) is 24.0. The summed E-state index contributed by atoms with van der Waals surface area (Å²) in [5.74, 6) is -0.485. The Morgan fingerprint density at radius 2 is 2.00 bits per heavy atom. The first-order chi connectivity index (χ1) is 15.6. The van der Waals surface area contributed by atoms with Crippen molar-refractivity contribution in [1.82, 2.24) is 19.6 Å². The number of benzene rings is 2. The Bertz CT molecular complexity index is 1480. The van der Waals surface area contributed by atoms with Crippen LogP contribution in [0.4, 0.5) is 5.69 Å². The number of aromatic amines is 1. The number of hydrogen-bond acceptors (Lipinski definition) is 7. The van der Waals surface area contributed by atoms with Crippen LogP contribution in [0.15, 0.2) is 64.8 Å². The quantitative estimate of drug-likeness (QED) is 0.136. The van der Waals surface area contributed by atoms with Gasteiger partial charge in [0.05, 0.1) is 20.7 Å². The van der Waals surface area contributed by atoms with E-state index in [9.17, 15) is 28.1 Å². The molecule has 1 heterocycles. The second-order valence-corrected chi connectivity index (χ2v) is 8.96. The summed E-state index contributed by atoms with van der Waals surface area (Å²) in [6.07, 6.45) is 1.55. The number of carbonyl (C=O) groups excluding carboxylic acids is 1. The van der Waals surface area contributed by atoms with Crippen molar-refractivity contribution < 1.29 is 18.1 Å². The van der Waals surface area contributed by atoms with Gasteiger partial charge in [-0.3, -0.25) is 24.3 Å². The molecule has 0 fully saturated rings. The van der Waals surface area contributed by atoms with Gasteiger partial charge in [0, 0.05) is 37.3 Å². The molecule has 0 atom stereocenters. The highest BCUT2D eigenvalue weighted by atomic mass is 32.2. The van der Waals surface area contributed by atoms with Crippen molar-refractivity contribution >= 4 is 44.7 Å². The average Bonchev–Trinajstić information content (AvgIpc) is 2.79. The van der Waals surface area contributed by atoms with E-state index in [2.05, 4.69) is 21.6 Å². The van der Waals surface area contributed by atoms with Crippen LogP contribution >= 0.6 is 12.2 Å². The average molecular weight is 490 g/mol. The largest absolute Gasteiger partial charge is 0.351 e. The summed E-state index contributed by atoms with van der Waals surface area (Å²) in [4.78, 5) is 37.8. The molecule has 0 aliphatic carbocycles. The first-order valence-electron chi connectivity index (χ1n) is 9.54. The minimum atomic E-state index is -3.99. The van der Waals surface area contributed by atoms with Crippen LogP contribution < -0.4 is 15.6 Å². The predicted octanol–water partition coefficient (Wildman–Crippen LogP) is 1.86. The Labute approximate surface area is 193 Å². The van der Waals surface area contributed by atoms with E-state index in [-0.39, 0.29) is 46.1 Å². The van der Waals surface area contributed by atoms with Crippen molar-refractivity contribution in [2.75, 3.05) is 13.1 Å². The summed E-state index contributed by atoms with van der Waals surface area (Å²) in [5.41, 5.74) is -0.0196. The summed E-state index contributed by atoms with van der Waals surface area (Å²) in [6, 6.07) is 9.09. The van der Waals surface area contributed by atoms with Gasteiger partial charge < -0.3 is 10.3 Å². The van der Waals surface area contributed by atoms with Crippen LogP contribution in [-0.4, -0.2) is 41.9 Å². The zero-order valence-electron chi connectivity index (χ0n) is 17.1. The van der Waals surface area contributed by atoms with Crippen LogP contribution in [0.25, 0.3) is 10.9 Å². The molecule has 0 aliphatic rings. The topological polar surface area (TPSA) is 156 Å². The lowest BCUT2D eigenvalue weighted by atomic mass is 10.1. The summed E-state index contributed by atoms with van der Waals surface area (Å²) in [5, 5.41) is 13.7. The number of carbonyl (C=O) groups is 1. The van der Waals surface area contributed by atoms with E-state index in [4.69, 9.17) is 12.2 Å². The zero-order valence-corrected chi connectivity index (χ0v) is 18.7. The van der Waals surface area contributed by atoms with Crippen molar-refractivity contribution in [3.63, 3.8) is 0 Å². The van der Waals surface area contributed by atoms with Gasteiger partial charge in [-0.1, -0.05) is 12.1 Å². The second-order valence-electron chi connectivity index (χ2n) is 6.80. The molecule has 0 unspecified atom stereocenters. The molecule has 3 aromatic rings. The van der Waals surface area contributed by atoms with E-state index in [1.54, 1.807) is 6.08 Å². The molecular weight excluding hydrogens is 470 g/mol. The van der Waals surface area contributed by atoms with E-state index in [1.807, 2.05) is 0 Å². The fourth-order valence-electron chi connectivity index (χ4n) is 3.00. The number of nitrogens with zero attached hydrogens (tertiary/aromatic N) is 2. The van der Waals surface area contributed by atoms with Crippen LogP contribution in [0.2, 0.25) is 0 Å².